The lowest BCUT2D eigenvalue weighted by atomic mass is 10.1. The molecule has 2 aromatic rings. The number of aromatic nitrogens is 2. The van der Waals surface area contributed by atoms with Gasteiger partial charge in [-0.05, 0) is 0 Å². The second kappa shape index (κ2) is 6.64. The zero-order valence-electron chi connectivity index (χ0n) is 13.2. The third kappa shape index (κ3) is 3.26. The van der Waals surface area contributed by atoms with Gasteiger partial charge >= 0.3 is 0 Å². The molecular weight excluding hydrogens is 292 g/mol. The Hall–Kier alpha value is -2.63. The quantitative estimate of drug-likeness (QED) is 0.932. The van der Waals surface area contributed by atoms with Crippen LogP contribution in [-0.2, 0) is 4.79 Å². The molecule has 1 aromatic carbocycles. The van der Waals surface area contributed by atoms with Crippen LogP contribution in [0, 0.1) is 0 Å². The maximum absolute atomic E-state index is 11.8. The van der Waals surface area contributed by atoms with E-state index in [9.17, 15) is 9.59 Å². The lowest BCUT2D eigenvalue weighted by molar-refractivity contribution is -0.131. The van der Waals surface area contributed by atoms with Crippen molar-refractivity contribution in [2.45, 2.75) is 13.3 Å². The van der Waals surface area contributed by atoms with Crippen LogP contribution in [0.2, 0.25) is 0 Å². The number of amides is 1. The molecule has 1 aromatic heterocycles. The first-order chi connectivity index (χ1) is 11.2. The highest BCUT2D eigenvalue weighted by Gasteiger charge is 2.22. The van der Waals surface area contributed by atoms with Gasteiger partial charge in [-0.2, -0.15) is 5.10 Å². The van der Waals surface area contributed by atoms with Crippen LogP contribution in [0.3, 0.4) is 0 Å². The Labute approximate surface area is 134 Å². The van der Waals surface area contributed by atoms with E-state index in [1.807, 2.05) is 42.2 Å². The molecule has 0 radical (unpaired) electrons. The van der Waals surface area contributed by atoms with E-state index >= 15 is 0 Å². The summed E-state index contributed by atoms with van der Waals surface area (Å²) in [6, 6.07) is 11.4. The fraction of sp³-hybridized carbons (Fsp3) is 0.353. The number of nitrogens with one attached hydrogen (secondary N) is 1. The third-order valence-corrected chi connectivity index (χ3v) is 4.11. The molecule has 0 unspecified atom stereocenters. The number of carbonyl (C=O) groups is 1. The van der Waals surface area contributed by atoms with Crippen LogP contribution in [0.15, 0.2) is 41.2 Å². The number of piperazine rings is 1. The molecule has 1 aliphatic heterocycles. The molecule has 1 aliphatic rings. The summed E-state index contributed by atoms with van der Waals surface area (Å²) in [7, 11) is 0. The van der Waals surface area contributed by atoms with Crippen molar-refractivity contribution in [2.75, 3.05) is 31.1 Å². The van der Waals surface area contributed by atoms with Crippen molar-refractivity contribution < 1.29 is 4.79 Å². The molecule has 1 N–H and O–H groups in total. The predicted molar refractivity (Wildman–Crippen MR) is 89.4 cm³/mol. The van der Waals surface area contributed by atoms with E-state index in [2.05, 4.69) is 15.1 Å². The summed E-state index contributed by atoms with van der Waals surface area (Å²) >= 11 is 0. The van der Waals surface area contributed by atoms with Gasteiger partial charge in [-0.25, -0.2) is 5.10 Å². The molecule has 0 saturated carbocycles. The molecule has 1 fully saturated rings. The average molecular weight is 312 g/mol. The molecular formula is C17H20N4O2. The second-order valence-corrected chi connectivity index (χ2v) is 5.55. The van der Waals surface area contributed by atoms with Gasteiger partial charge in [0, 0.05) is 44.2 Å². The Bertz CT molecular complexity index is 734. The number of hydrogen-bond donors (Lipinski definition) is 1. The zero-order chi connectivity index (χ0) is 16.2. The van der Waals surface area contributed by atoms with E-state index in [-0.39, 0.29) is 11.5 Å². The van der Waals surface area contributed by atoms with Crippen molar-refractivity contribution in [3.8, 4) is 11.3 Å². The minimum absolute atomic E-state index is 0.178. The lowest BCUT2D eigenvalue weighted by Gasteiger charge is -2.36. The molecule has 6 nitrogen and oxygen atoms in total. The summed E-state index contributed by atoms with van der Waals surface area (Å²) in [5.74, 6) is 0.178. The third-order valence-electron chi connectivity index (χ3n) is 4.11. The minimum atomic E-state index is -0.216. The van der Waals surface area contributed by atoms with E-state index in [0.717, 1.165) is 16.9 Å². The molecule has 3 rings (SSSR count). The maximum Gasteiger partial charge on any atom is 0.266 e. The molecule has 1 amide bonds. The van der Waals surface area contributed by atoms with E-state index < -0.39 is 0 Å². The smallest absolute Gasteiger partial charge is 0.266 e. The van der Waals surface area contributed by atoms with Crippen LogP contribution in [0.4, 0.5) is 5.69 Å². The fourth-order valence-electron chi connectivity index (χ4n) is 2.86. The second-order valence-electron chi connectivity index (χ2n) is 5.55. The minimum Gasteiger partial charge on any atom is -0.366 e. The van der Waals surface area contributed by atoms with Crippen molar-refractivity contribution in [1.29, 1.82) is 0 Å². The first-order valence-corrected chi connectivity index (χ1v) is 7.87. The molecule has 0 atom stereocenters. The number of H-pyrrole nitrogens is 1. The number of hydrogen-bond acceptors (Lipinski definition) is 4. The van der Waals surface area contributed by atoms with Gasteiger partial charge in [-0.1, -0.05) is 37.3 Å². The maximum atomic E-state index is 11.8. The normalized spacial score (nSPS) is 14.8. The summed E-state index contributed by atoms with van der Waals surface area (Å²) in [6.07, 6.45) is 0.530. The molecule has 0 bridgehead atoms. The van der Waals surface area contributed by atoms with Gasteiger partial charge in [0.05, 0.1) is 5.69 Å². The zero-order valence-corrected chi connectivity index (χ0v) is 13.2. The van der Waals surface area contributed by atoms with Crippen LogP contribution >= 0.6 is 0 Å². The summed E-state index contributed by atoms with van der Waals surface area (Å²) < 4.78 is 0. The van der Waals surface area contributed by atoms with E-state index in [0.29, 0.717) is 32.6 Å². The van der Waals surface area contributed by atoms with Crippen LogP contribution < -0.4 is 10.5 Å². The van der Waals surface area contributed by atoms with Crippen molar-refractivity contribution in [1.82, 2.24) is 15.1 Å². The van der Waals surface area contributed by atoms with Crippen LogP contribution in [0.1, 0.15) is 13.3 Å². The van der Waals surface area contributed by atoms with Gasteiger partial charge in [0.15, 0.2) is 0 Å². The first-order valence-electron chi connectivity index (χ1n) is 7.87. The van der Waals surface area contributed by atoms with Crippen LogP contribution in [-0.4, -0.2) is 47.2 Å². The number of nitrogens with zero attached hydrogens (tertiary/aromatic N) is 3. The van der Waals surface area contributed by atoms with Gasteiger partial charge in [0.2, 0.25) is 5.91 Å². The topological polar surface area (TPSA) is 69.3 Å². The molecule has 6 heteroatoms. The number of anilines is 1. The van der Waals surface area contributed by atoms with Gasteiger partial charge in [0.1, 0.15) is 5.69 Å². The lowest BCUT2D eigenvalue weighted by Crippen LogP contribution is -2.49. The monoisotopic (exact) mass is 312 g/mol. The van der Waals surface area contributed by atoms with Crippen molar-refractivity contribution in [2.24, 2.45) is 0 Å². The molecule has 0 spiro atoms. The molecule has 1 saturated heterocycles. The Morgan fingerprint density at radius 1 is 1.17 bits per heavy atom. The molecule has 0 aliphatic carbocycles. The summed E-state index contributed by atoms with van der Waals surface area (Å²) in [4.78, 5) is 27.5. The number of rotatable bonds is 3. The fourth-order valence-corrected chi connectivity index (χ4v) is 2.86. The highest BCUT2D eigenvalue weighted by Crippen LogP contribution is 2.27. The van der Waals surface area contributed by atoms with Gasteiger partial charge in [-0.3, -0.25) is 9.59 Å². The predicted octanol–water partition coefficient (Wildman–Crippen LogP) is 1.50. The molecule has 23 heavy (non-hydrogen) atoms. The highest BCUT2D eigenvalue weighted by molar-refractivity contribution is 5.77. The number of aromatic amines is 1. The van der Waals surface area contributed by atoms with Crippen molar-refractivity contribution in [3.63, 3.8) is 0 Å². The Morgan fingerprint density at radius 3 is 2.52 bits per heavy atom. The number of benzene rings is 1. The van der Waals surface area contributed by atoms with Gasteiger partial charge in [0.25, 0.3) is 5.56 Å². The number of carbonyl (C=O) groups excluding carboxylic acids is 1. The average Bonchev–Trinajstić information content (AvgIpc) is 2.62. The van der Waals surface area contributed by atoms with Crippen LogP contribution in [0.25, 0.3) is 11.3 Å². The molecule has 2 heterocycles. The Morgan fingerprint density at radius 2 is 1.87 bits per heavy atom. The largest absolute Gasteiger partial charge is 0.366 e. The standard InChI is InChI=1S/C17H20N4O2/c1-2-16(23)21-10-8-20(9-11-21)14-12-15(22)18-19-17(14)13-6-4-3-5-7-13/h3-7,12H,2,8-11H2,1H3,(H,18,22). The molecule has 120 valence electrons. The van der Waals surface area contributed by atoms with E-state index in [4.69, 9.17) is 0 Å². The SMILES string of the molecule is CCC(=O)N1CCN(c2cc(=O)[nH]nc2-c2ccccc2)CC1. The van der Waals surface area contributed by atoms with E-state index in [1.54, 1.807) is 6.07 Å². The summed E-state index contributed by atoms with van der Waals surface area (Å²) in [5.41, 5.74) is 2.33. The van der Waals surface area contributed by atoms with Crippen molar-refractivity contribution in [3.05, 3.63) is 46.8 Å². The Kier molecular flexibility index (Phi) is 4.41. The van der Waals surface area contributed by atoms with Gasteiger partial charge in [-0.15, -0.1) is 0 Å². The van der Waals surface area contributed by atoms with Crippen molar-refractivity contribution >= 4 is 11.6 Å². The summed E-state index contributed by atoms with van der Waals surface area (Å²) in [5, 5.41) is 6.75. The highest BCUT2D eigenvalue weighted by atomic mass is 16.2. The summed E-state index contributed by atoms with van der Waals surface area (Å²) in [6.45, 7) is 4.64. The first kappa shape index (κ1) is 15.3. The van der Waals surface area contributed by atoms with E-state index in [1.165, 1.54) is 0 Å². The van der Waals surface area contributed by atoms with Crippen LogP contribution in [0.5, 0.6) is 0 Å². The van der Waals surface area contributed by atoms with Gasteiger partial charge < -0.3 is 9.80 Å². The Balaban J connectivity index is 1.87.